The van der Waals surface area contributed by atoms with Crippen LogP contribution >= 0.6 is 15.9 Å². The number of nitrogens with zero attached hydrogens (tertiary/aromatic N) is 1. The second kappa shape index (κ2) is 8.54. The Hall–Kier alpha value is 0.400. The monoisotopic (exact) mass is 279 g/mol. The highest BCUT2D eigenvalue weighted by Crippen LogP contribution is 2.13. The van der Waals surface area contributed by atoms with Gasteiger partial charge in [0.2, 0.25) is 0 Å². The minimum Gasteiger partial charge on any atom is -0.379 e. The molecule has 0 rings (SSSR count). The number of rotatable bonds is 9. The molecule has 0 amide bonds. The fourth-order valence-corrected chi connectivity index (χ4v) is 1.72. The van der Waals surface area contributed by atoms with Crippen molar-refractivity contribution in [1.29, 1.82) is 0 Å². The molecule has 0 aromatic rings. The number of ether oxygens (including phenoxy) is 1. The third-order valence-corrected chi connectivity index (χ3v) is 3.38. The SMILES string of the molecule is COC(C)(C)CCN(C)CCCCCBr. The van der Waals surface area contributed by atoms with Crippen LogP contribution in [0.1, 0.15) is 39.5 Å². The summed E-state index contributed by atoms with van der Waals surface area (Å²) in [6.45, 7) is 6.61. The highest BCUT2D eigenvalue weighted by Gasteiger charge is 2.16. The lowest BCUT2D eigenvalue weighted by Gasteiger charge is -2.26. The number of halogens is 1. The Morgan fingerprint density at radius 1 is 1.13 bits per heavy atom. The van der Waals surface area contributed by atoms with E-state index in [-0.39, 0.29) is 5.60 Å². The van der Waals surface area contributed by atoms with E-state index in [0.29, 0.717) is 0 Å². The summed E-state index contributed by atoms with van der Waals surface area (Å²) in [6, 6.07) is 0. The first kappa shape index (κ1) is 15.4. The summed E-state index contributed by atoms with van der Waals surface area (Å²) in [4.78, 5) is 2.40. The van der Waals surface area contributed by atoms with Crippen LogP contribution in [-0.4, -0.2) is 43.1 Å². The molecule has 0 fully saturated rings. The van der Waals surface area contributed by atoms with Gasteiger partial charge in [-0.15, -0.1) is 0 Å². The van der Waals surface area contributed by atoms with Crippen LogP contribution in [-0.2, 0) is 4.74 Å². The number of hydrogen-bond acceptors (Lipinski definition) is 2. The van der Waals surface area contributed by atoms with Gasteiger partial charge in [0.15, 0.2) is 0 Å². The highest BCUT2D eigenvalue weighted by molar-refractivity contribution is 9.09. The van der Waals surface area contributed by atoms with E-state index < -0.39 is 0 Å². The molecule has 0 saturated carbocycles. The second-order valence-electron chi connectivity index (χ2n) is 4.77. The summed E-state index contributed by atoms with van der Waals surface area (Å²) in [6.07, 6.45) is 5.01. The van der Waals surface area contributed by atoms with Gasteiger partial charge in [-0.25, -0.2) is 0 Å². The average Bonchev–Trinajstić information content (AvgIpc) is 2.22. The quantitative estimate of drug-likeness (QED) is 0.474. The van der Waals surface area contributed by atoms with E-state index in [0.717, 1.165) is 18.3 Å². The van der Waals surface area contributed by atoms with Crippen LogP contribution < -0.4 is 0 Å². The van der Waals surface area contributed by atoms with Gasteiger partial charge in [-0.2, -0.15) is 0 Å². The fraction of sp³-hybridized carbons (Fsp3) is 1.00. The third-order valence-electron chi connectivity index (χ3n) is 2.82. The maximum atomic E-state index is 5.40. The largest absolute Gasteiger partial charge is 0.379 e. The van der Waals surface area contributed by atoms with Crippen LogP contribution in [0, 0.1) is 0 Å². The van der Waals surface area contributed by atoms with Gasteiger partial charge >= 0.3 is 0 Å². The molecule has 2 nitrogen and oxygen atoms in total. The number of methoxy groups -OCH3 is 1. The van der Waals surface area contributed by atoms with Crippen molar-refractivity contribution in [2.45, 2.75) is 45.1 Å². The Bertz CT molecular complexity index is 151. The zero-order chi connectivity index (χ0) is 11.7. The summed E-state index contributed by atoms with van der Waals surface area (Å²) >= 11 is 3.45. The Morgan fingerprint density at radius 3 is 2.33 bits per heavy atom. The maximum Gasteiger partial charge on any atom is 0.0634 e. The van der Waals surface area contributed by atoms with Gasteiger partial charge < -0.3 is 9.64 Å². The van der Waals surface area contributed by atoms with Crippen molar-refractivity contribution in [3.8, 4) is 0 Å². The molecule has 0 aliphatic heterocycles. The predicted octanol–water partition coefficient (Wildman–Crippen LogP) is 3.30. The highest BCUT2D eigenvalue weighted by atomic mass is 79.9. The van der Waals surface area contributed by atoms with Gasteiger partial charge in [-0.3, -0.25) is 0 Å². The van der Waals surface area contributed by atoms with Crippen LogP contribution in [0.5, 0.6) is 0 Å². The molecule has 0 spiro atoms. The maximum absolute atomic E-state index is 5.40. The summed E-state index contributed by atoms with van der Waals surface area (Å²) in [5.41, 5.74) is 0.0180. The summed E-state index contributed by atoms with van der Waals surface area (Å²) < 4.78 is 5.40. The van der Waals surface area contributed by atoms with Crippen LogP contribution in [0.15, 0.2) is 0 Å². The molecule has 0 unspecified atom stereocenters. The minimum absolute atomic E-state index is 0.0180. The third kappa shape index (κ3) is 9.34. The first-order valence-corrected chi connectivity index (χ1v) is 6.93. The van der Waals surface area contributed by atoms with E-state index in [2.05, 4.69) is 41.7 Å². The van der Waals surface area contributed by atoms with Crippen molar-refractivity contribution >= 4 is 15.9 Å². The molecular formula is C12H26BrNO. The molecule has 0 aromatic heterocycles. The van der Waals surface area contributed by atoms with Crippen LogP contribution in [0.25, 0.3) is 0 Å². The lowest BCUT2D eigenvalue weighted by Crippen LogP contribution is -2.30. The van der Waals surface area contributed by atoms with Crippen molar-refractivity contribution in [3.05, 3.63) is 0 Å². The van der Waals surface area contributed by atoms with Crippen molar-refractivity contribution in [1.82, 2.24) is 4.90 Å². The van der Waals surface area contributed by atoms with E-state index in [1.54, 1.807) is 7.11 Å². The zero-order valence-corrected chi connectivity index (χ0v) is 12.3. The summed E-state index contributed by atoms with van der Waals surface area (Å²) in [5.74, 6) is 0. The fourth-order valence-electron chi connectivity index (χ4n) is 1.33. The molecule has 0 radical (unpaired) electrons. The number of hydrogen-bond donors (Lipinski definition) is 0. The molecule has 0 heterocycles. The van der Waals surface area contributed by atoms with Crippen LogP contribution in [0.3, 0.4) is 0 Å². The van der Waals surface area contributed by atoms with E-state index in [9.17, 15) is 0 Å². The normalized spacial score (nSPS) is 12.4. The van der Waals surface area contributed by atoms with Gasteiger partial charge in [0.05, 0.1) is 5.60 Å². The number of alkyl halides is 1. The minimum atomic E-state index is 0.0180. The van der Waals surface area contributed by atoms with Crippen molar-refractivity contribution in [3.63, 3.8) is 0 Å². The molecule has 92 valence electrons. The van der Waals surface area contributed by atoms with Gasteiger partial charge in [0, 0.05) is 19.0 Å². The van der Waals surface area contributed by atoms with Crippen LogP contribution in [0.2, 0.25) is 0 Å². The summed E-state index contributed by atoms with van der Waals surface area (Å²) in [7, 11) is 3.98. The molecule has 0 aliphatic carbocycles. The smallest absolute Gasteiger partial charge is 0.0634 e. The first-order valence-electron chi connectivity index (χ1n) is 5.81. The second-order valence-corrected chi connectivity index (χ2v) is 5.56. The molecule has 0 aromatic carbocycles. The van der Waals surface area contributed by atoms with E-state index >= 15 is 0 Å². The van der Waals surface area contributed by atoms with E-state index in [4.69, 9.17) is 4.74 Å². The number of unbranched alkanes of at least 4 members (excludes halogenated alkanes) is 2. The molecule has 0 saturated heterocycles. The van der Waals surface area contributed by atoms with Crippen molar-refractivity contribution < 1.29 is 4.74 Å². The van der Waals surface area contributed by atoms with Gasteiger partial charge in [0.25, 0.3) is 0 Å². The Balaban J connectivity index is 3.44. The zero-order valence-electron chi connectivity index (χ0n) is 10.7. The molecule has 15 heavy (non-hydrogen) atoms. The predicted molar refractivity (Wildman–Crippen MR) is 70.8 cm³/mol. The van der Waals surface area contributed by atoms with Crippen molar-refractivity contribution in [2.75, 3.05) is 32.6 Å². The average molecular weight is 280 g/mol. The van der Waals surface area contributed by atoms with Crippen LogP contribution in [0.4, 0.5) is 0 Å². The van der Waals surface area contributed by atoms with E-state index in [1.165, 1.54) is 25.8 Å². The molecule has 0 N–H and O–H groups in total. The van der Waals surface area contributed by atoms with Gasteiger partial charge in [-0.05, 0) is 46.7 Å². The Labute approximate surface area is 103 Å². The topological polar surface area (TPSA) is 12.5 Å². The van der Waals surface area contributed by atoms with E-state index in [1.807, 2.05) is 0 Å². The summed E-state index contributed by atoms with van der Waals surface area (Å²) in [5, 5.41) is 1.13. The Morgan fingerprint density at radius 2 is 1.80 bits per heavy atom. The molecular weight excluding hydrogens is 254 g/mol. The molecule has 3 heteroatoms. The van der Waals surface area contributed by atoms with Gasteiger partial charge in [-0.1, -0.05) is 22.4 Å². The lowest BCUT2D eigenvalue weighted by atomic mass is 10.1. The van der Waals surface area contributed by atoms with Gasteiger partial charge in [0.1, 0.15) is 0 Å². The van der Waals surface area contributed by atoms with Crippen molar-refractivity contribution in [2.24, 2.45) is 0 Å². The molecule has 0 atom stereocenters. The first-order chi connectivity index (χ1) is 7.02. The molecule has 0 aliphatic rings. The standard InChI is InChI=1S/C12H26BrNO/c1-12(2,15-4)8-11-14(3)10-7-5-6-9-13/h5-11H2,1-4H3. The Kier molecular flexibility index (Phi) is 8.77. The lowest BCUT2D eigenvalue weighted by molar-refractivity contribution is 0.00907. The molecule has 0 bridgehead atoms.